The fraction of sp³-hybridized carbons (Fsp3) is 0.333. The molecule has 2 aromatic rings. The van der Waals surface area contributed by atoms with Gasteiger partial charge >= 0.3 is 0 Å². The second-order valence-electron chi connectivity index (χ2n) is 5.10. The molecule has 1 amide bonds. The smallest absolute Gasteiger partial charge is 0.279 e. The molecule has 0 saturated carbocycles. The third-order valence-electron chi connectivity index (χ3n) is 3.50. The molecule has 5 nitrogen and oxygen atoms in total. The van der Waals surface area contributed by atoms with Gasteiger partial charge in [-0.2, -0.15) is 0 Å². The molecule has 3 rings (SSSR count). The van der Waals surface area contributed by atoms with Crippen LogP contribution in [0.3, 0.4) is 0 Å². The van der Waals surface area contributed by atoms with E-state index in [9.17, 15) is 4.79 Å². The number of rotatable bonds is 2. The minimum absolute atomic E-state index is 0.122. The normalized spacial score (nSPS) is 14.1. The Balaban J connectivity index is 1.71. The molecule has 3 heterocycles. The molecule has 0 unspecified atom stereocenters. The van der Waals surface area contributed by atoms with Gasteiger partial charge in [0.15, 0.2) is 0 Å². The molecule has 1 aliphatic rings. The molecule has 0 radical (unpaired) electrons. The molecule has 0 aromatic carbocycles. The van der Waals surface area contributed by atoms with E-state index in [-0.39, 0.29) is 5.91 Å². The van der Waals surface area contributed by atoms with Crippen molar-refractivity contribution in [3.63, 3.8) is 0 Å². The van der Waals surface area contributed by atoms with Crippen LogP contribution < -0.4 is 10.9 Å². The zero-order chi connectivity index (χ0) is 14.8. The van der Waals surface area contributed by atoms with E-state index in [0.717, 1.165) is 30.2 Å². The van der Waals surface area contributed by atoms with Crippen molar-refractivity contribution < 1.29 is 4.79 Å². The molecule has 0 saturated heterocycles. The number of hydrazine groups is 1. The van der Waals surface area contributed by atoms with E-state index in [1.165, 1.54) is 22.7 Å². The van der Waals surface area contributed by atoms with Crippen LogP contribution in [0, 0.1) is 13.8 Å². The predicted octanol–water partition coefficient (Wildman–Crippen LogP) is 2.58. The van der Waals surface area contributed by atoms with Gasteiger partial charge in [0.2, 0.25) is 0 Å². The Kier molecular flexibility index (Phi) is 3.79. The van der Waals surface area contributed by atoms with Crippen molar-refractivity contribution in [2.75, 3.05) is 6.54 Å². The molecule has 0 bridgehead atoms. The Hall–Kier alpha value is -2.08. The highest BCUT2D eigenvalue weighted by Crippen LogP contribution is 2.24. The molecule has 0 aliphatic carbocycles. The number of aryl methyl sites for hydroxylation is 2. The van der Waals surface area contributed by atoms with Crippen LogP contribution in [-0.4, -0.2) is 22.9 Å². The minimum Gasteiger partial charge on any atom is -0.310 e. The number of aromatic nitrogens is 1. The quantitative estimate of drug-likeness (QED) is 0.838. The van der Waals surface area contributed by atoms with Crippen LogP contribution in [0.5, 0.6) is 0 Å². The van der Waals surface area contributed by atoms with Crippen LogP contribution in [0.1, 0.15) is 33.9 Å². The van der Waals surface area contributed by atoms with E-state index in [4.69, 9.17) is 0 Å². The average Bonchev–Trinajstić information content (AvgIpc) is 3.18. The fourth-order valence-electron chi connectivity index (χ4n) is 2.42. The van der Waals surface area contributed by atoms with Crippen molar-refractivity contribution in [2.24, 2.45) is 4.99 Å². The molecule has 2 N–H and O–H groups in total. The molecule has 6 heteroatoms. The molecule has 0 spiro atoms. The lowest BCUT2D eigenvalue weighted by Crippen LogP contribution is -2.40. The number of nitrogens with one attached hydrogen (secondary N) is 2. The van der Waals surface area contributed by atoms with Crippen LogP contribution in [0.2, 0.25) is 0 Å². The van der Waals surface area contributed by atoms with E-state index >= 15 is 0 Å². The summed E-state index contributed by atoms with van der Waals surface area (Å²) in [7, 11) is 0. The van der Waals surface area contributed by atoms with Crippen LogP contribution in [0.4, 0.5) is 0 Å². The Morgan fingerprint density at radius 1 is 1.24 bits per heavy atom. The largest absolute Gasteiger partial charge is 0.310 e. The van der Waals surface area contributed by atoms with E-state index in [1.807, 2.05) is 12.1 Å². The summed E-state index contributed by atoms with van der Waals surface area (Å²) in [5, 5.41) is 1.05. The van der Waals surface area contributed by atoms with Gasteiger partial charge in [0, 0.05) is 24.4 Å². The van der Waals surface area contributed by atoms with Crippen molar-refractivity contribution >= 4 is 23.1 Å². The van der Waals surface area contributed by atoms with Gasteiger partial charge in [-0.3, -0.25) is 20.6 Å². The van der Waals surface area contributed by atoms with Gasteiger partial charge in [0.1, 0.15) is 10.8 Å². The standard InChI is InChI=1S/C15H18N4OS/c1-10-5-6-11(2)19(10)14-8-7-12(21-14)15(20)18-17-13-4-3-9-16-13/h5-8H,3-4,9H2,1-2H3,(H,16,17)(H,18,20). The minimum atomic E-state index is -0.122. The first-order valence-electron chi connectivity index (χ1n) is 7.00. The van der Waals surface area contributed by atoms with Crippen molar-refractivity contribution in [1.82, 2.24) is 15.4 Å². The zero-order valence-electron chi connectivity index (χ0n) is 12.1. The maximum Gasteiger partial charge on any atom is 0.279 e. The molecule has 0 fully saturated rings. The number of nitrogens with zero attached hydrogens (tertiary/aromatic N) is 2. The van der Waals surface area contributed by atoms with Gasteiger partial charge in [-0.15, -0.1) is 11.3 Å². The summed E-state index contributed by atoms with van der Waals surface area (Å²) in [6.07, 6.45) is 1.95. The first-order chi connectivity index (χ1) is 10.1. The first-order valence-corrected chi connectivity index (χ1v) is 7.81. The van der Waals surface area contributed by atoms with Crippen molar-refractivity contribution in [2.45, 2.75) is 26.7 Å². The van der Waals surface area contributed by atoms with Crippen molar-refractivity contribution in [1.29, 1.82) is 0 Å². The van der Waals surface area contributed by atoms with E-state index in [2.05, 4.69) is 46.4 Å². The number of amides is 1. The van der Waals surface area contributed by atoms with Crippen molar-refractivity contribution in [3.8, 4) is 5.00 Å². The topological polar surface area (TPSA) is 58.4 Å². The zero-order valence-corrected chi connectivity index (χ0v) is 13.0. The number of aliphatic imine (C=N–C) groups is 1. The lowest BCUT2D eigenvalue weighted by atomic mass is 10.3. The highest BCUT2D eigenvalue weighted by molar-refractivity contribution is 7.16. The molecule has 1 aliphatic heterocycles. The third-order valence-corrected chi connectivity index (χ3v) is 4.57. The number of amidine groups is 1. The van der Waals surface area contributed by atoms with E-state index in [1.54, 1.807) is 0 Å². The van der Waals surface area contributed by atoms with Crippen LogP contribution in [0.25, 0.3) is 5.00 Å². The highest BCUT2D eigenvalue weighted by Gasteiger charge is 2.13. The summed E-state index contributed by atoms with van der Waals surface area (Å²) < 4.78 is 2.15. The molecule has 2 aromatic heterocycles. The summed E-state index contributed by atoms with van der Waals surface area (Å²) in [6, 6.07) is 7.99. The molecule has 0 atom stereocenters. The van der Waals surface area contributed by atoms with Crippen LogP contribution in [0.15, 0.2) is 29.3 Å². The fourth-order valence-corrected chi connectivity index (χ4v) is 3.44. The molecular weight excluding hydrogens is 284 g/mol. The lowest BCUT2D eigenvalue weighted by molar-refractivity contribution is 0.0947. The summed E-state index contributed by atoms with van der Waals surface area (Å²) in [4.78, 5) is 17.1. The average molecular weight is 302 g/mol. The number of carbonyl (C=O) groups excluding carboxylic acids is 1. The van der Waals surface area contributed by atoms with Gasteiger partial charge < -0.3 is 4.57 Å². The highest BCUT2D eigenvalue weighted by atomic mass is 32.1. The Bertz CT molecular complexity index is 679. The van der Waals surface area contributed by atoms with E-state index in [0.29, 0.717) is 4.88 Å². The summed E-state index contributed by atoms with van der Waals surface area (Å²) in [5.74, 6) is 0.737. The van der Waals surface area contributed by atoms with E-state index < -0.39 is 0 Å². The number of hydrogen-bond donors (Lipinski definition) is 2. The van der Waals surface area contributed by atoms with Gasteiger partial charge in [-0.25, -0.2) is 0 Å². The number of thiophene rings is 1. The second-order valence-corrected chi connectivity index (χ2v) is 6.16. The maximum absolute atomic E-state index is 12.1. The summed E-state index contributed by atoms with van der Waals surface area (Å²) in [5.41, 5.74) is 7.94. The Morgan fingerprint density at radius 2 is 2.00 bits per heavy atom. The molecule has 21 heavy (non-hydrogen) atoms. The predicted molar refractivity (Wildman–Crippen MR) is 85.3 cm³/mol. The maximum atomic E-state index is 12.1. The first kappa shape index (κ1) is 13.9. The molecule has 110 valence electrons. The third kappa shape index (κ3) is 2.85. The van der Waals surface area contributed by atoms with Gasteiger partial charge in [-0.1, -0.05) is 0 Å². The Labute approximate surface area is 127 Å². The second kappa shape index (κ2) is 5.73. The number of carbonyl (C=O) groups is 1. The number of hydrogen-bond acceptors (Lipinski definition) is 4. The Morgan fingerprint density at radius 3 is 2.67 bits per heavy atom. The van der Waals surface area contributed by atoms with Crippen LogP contribution >= 0.6 is 11.3 Å². The lowest BCUT2D eigenvalue weighted by Gasteiger charge is -2.07. The SMILES string of the molecule is Cc1ccc(C)n1-c1ccc(C(=O)NNC2=NCCC2)s1. The van der Waals surface area contributed by atoms with Gasteiger partial charge in [-0.05, 0) is 44.5 Å². The van der Waals surface area contributed by atoms with Gasteiger partial charge in [0.05, 0.1) is 4.88 Å². The monoisotopic (exact) mass is 302 g/mol. The van der Waals surface area contributed by atoms with Gasteiger partial charge in [0.25, 0.3) is 5.91 Å². The summed E-state index contributed by atoms with van der Waals surface area (Å²) >= 11 is 1.48. The van der Waals surface area contributed by atoms with Crippen LogP contribution in [-0.2, 0) is 0 Å². The molecular formula is C15H18N4OS. The summed E-state index contributed by atoms with van der Waals surface area (Å²) in [6.45, 7) is 4.96. The van der Waals surface area contributed by atoms with Crippen molar-refractivity contribution in [3.05, 3.63) is 40.5 Å².